The number of anilines is 1. The van der Waals surface area contributed by atoms with Crippen molar-refractivity contribution >= 4 is 11.7 Å². The molecule has 2 N–H and O–H groups in total. The first-order chi connectivity index (χ1) is 12.4. The van der Waals surface area contributed by atoms with Gasteiger partial charge in [0.1, 0.15) is 0 Å². The minimum atomic E-state index is -0.0685. The minimum absolute atomic E-state index is 0.00933. The summed E-state index contributed by atoms with van der Waals surface area (Å²) < 4.78 is 1.90. The van der Waals surface area contributed by atoms with Crippen LogP contribution in [0.4, 0.5) is 5.82 Å². The van der Waals surface area contributed by atoms with E-state index >= 15 is 0 Å². The number of fused-ring (bicyclic) bond motifs is 1. The van der Waals surface area contributed by atoms with Gasteiger partial charge in [0.15, 0.2) is 5.82 Å². The van der Waals surface area contributed by atoms with E-state index in [1.165, 1.54) is 5.56 Å². The van der Waals surface area contributed by atoms with E-state index in [0.29, 0.717) is 12.2 Å². The lowest BCUT2D eigenvalue weighted by molar-refractivity contribution is -0.116. The Morgan fingerprint density at radius 2 is 2.00 bits per heavy atom. The molecule has 6 heteroatoms. The molecule has 134 valence electrons. The maximum atomic E-state index is 12.2. The van der Waals surface area contributed by atoms with E-state index in [4.69, 9.17) is 0 Å². The molecule has 1 amide bonds. The summed E-state index contributed by atoms with van der Waals surface area (Å²) in [6, 6.07) is 10.4. The van der Waals surface area contributed by atoms with E-state index in [0.717, 1.165) is 23.4 Å². The molecule has 1 aromatic carbocycles. The summed E-state index contributed by atoms with van der Waals surface area (Å²) in [7, 11) is 0. The van der Waals surface area contributed by atoms with Gasteiger partial charge in [-0.3, -0.25) is 14.6 Å². The highest BCUT2D eigenvalue weighted by Crippen LogP contribution is 2.41. The summed E-state index contributed by atoms with van der Waals surface area (Å²) in [5.74, 6) is 0.692. The molecule has 6 nitrogen and oxygen atoms in total. The largest absolute Gasteiger partial charge is 0.309 e. The minimum Gasteiger partial charge on any atom is -0.309 e. The Hall–Kier alpha value is -2.89. The molecule has 2 aromatic heterocycles. The molecule has 3 aromatic rings. The maximum absolute atomic E-state index is 12.2. The molecule has 0 radical (unpaired) electrons. The van der Waals surface area contributed by atoms with Crippen molar-refractivity contribution < 1.29 is 4.79 Å². The molecule has 3 heterocycles. The van der Waals surface area contributed by atoms with Gasteiger partial charge in [-0.15, -0.1) is 0 Å². The molecule has 1 unspecified atom stereocenters. The number of hydrogen-bond donors (Lipinski definition) is 2. The van der Waals surface area contributed by atoms with Gasteiger partial charge in [0.2, 0.25) is 5.91 Å². The number of benzene rings is 1. The second-order valence-corrected chi connectivity index (χ2v) is 7.86. The smallest absolute Gasteiger partial charge is 0.226 e. The van der Waals surface area contributed by atoms with Crippen LogP contribution in [0.5, 0.6) is 0 Å². The Morgan fingerprint density at radius 1 is 1.23 bits per heavy atom. The Labute approximate surface area is 152 Å². The number of H-pyrrole nitrogens is 1. The monoisotopic (exact) mass is 349 g/mol. The zero-order valence-electron chi connectivity index (χ0n) is 15.3. The third-order valence-corrected chi connectivity index (χ3v) is 4.84. The molecule has 0 saturated heterocycles. The molecule has 1 atom stereocenters. The van der Waals surface area contributed by atoms with Gasteiger partial charge in [0.05, 0.1) is 6.54 Å². The van der Waals surface area contributed by atoms with E-state index in [2.05, 4.69) is 65.6 Å². The van der Waals surface area contributed by atoms with Crippen LogP contribution in [0, 0.1) is 0 Å². The number of aromatic nitrogens is 4. The van der Waals surface area contributed by atoms with Crippen molar-refractivity contribution in [3.05, 3.63) is 65.1 Å². The van der Waals surface area contributed by atoms with Crippen LogP contribution < -0.4 is 5.32 Å². The van der Waals surface area contributed by atoms with Crippen LogP contribution in [0.3, 0.4) is 0 Å². The summed E-state index contributed by atoms with van der Waals surface area (Å²) in [6.07, 6.45) is 4.17. The van der Waals surface area contributed by atoms with Crippen molar-refractivity contribution in [1.29, 1.82) is 0 Å². The van der Waals surface area contributed by atoms with Crippen molar-refractivity contribution in [3.63, 3.8) is 0 Å². The average Bonchev–Trinajstić information content (AvgIpc) is 3.23. The third kappa shape index (κ3) is 3.03. The topological polar surface area (TPSA) is 75.6 Å². The van der Waals surface area contributed by atoms with E-state index in [1.54, 1.807) is 6.20 Å². The normalized spacial score (nSPS) is 17.0. The van der Waals surface area contributed by atoms with Crippen LogP contribution >= 0.6 is 0 Å². The lowest BCUT2D eigenvalue weighted by Gasteiger charge is -2.27. The number of rotatable bonds is 3. The molecule has 0 spiro atoms. The number of carbonyl (C=O) groups is 1. The van der Waals surface area contributed by atoms with E-state index in [1.807, 2.05) is 16.9 Å². The lowest BCUT2D eigenvalue weighted by Crippen LogP contribution is -2.25. The van der Waals surface area contributed by atoms with Crippen molar-refractivity contribution in [1.82, 2.24) is 20.0 Å². The highest BCUT2D eigenvalue weighted by atomic mass is 16.1. The zero-order valence-corrected chi connectivity index (χ0v) is 15.3. The number of hydrogen-bond acceptors (Lipinski definition) is 3. The number of carbonyl (C=O) groups excluding carboxylic acids is 1. The average molecular weight is 349 g/mol. The van der Waals surface area contributed by atoms with Crippen LogP contribution in [0.1, 0.15) is 55.5 Å². The van der Waals surface area contributed by atoms with Gasteiger partial charge < -0.3 is 5.32 Å². The van der Waals surface area contributed by atoms with Crippen molar-refractivity contribution in [2.45, 2.75) is 45.1 Å². The van der Waals surface area contributed by atoms with Crippen molar-refractivity contribution in [2.75, 3.05) is 5.32 Å². The van der Waals surface area contributed by atoms with E-state index < -0.39 is 0 Å². The second kappa shape index (κ2) is 6.12. The molecule has 0 fully saturated rings. The van der Waals surface area contributed by atoms with Gasteiger partial charge in [-0.05, 0) is 17.2 Å². The summed E-state index contributed by atoms with van der Waals surface area (Å²) in [5.41, 5.74) is 4.44. The first kappa shape index (κ1) is 16.6. The zero-order chi connectivity index (χ0) is 18.3. The van der Waals surface area contributed by atoms with Gasteiger partial charge in [-0.2, -0.15) is 10.2 Å². The predicted octanol–water partition coefficient (Wildman–Crippen LogP) is 3.43. The molecular formula is C20H23N5O. The first-order valence-corrected chi connectivity index (χ1v) is 8.86. The summed E-state index contributed by atoms with van der Waals surface area (Å²) >= 11 is 0. The lowest BCUT2D eigenvalue weighted by atomic mass is 9.79. The molecule has 0 bridgehead atoms. The first-order valence-electron chi connectivity index (χ1n) is 8.86. The summed E-state index contributed by atoms with van der Waals surface area (Å²) in [4.78, 5) is 12.2. The molecule has 0 aliphatic carbocycles. The van der Waals surface area contributed by atoms with Crippen LogP contribution in [-0.2, 0) is 16.8 Å². The van der Waals surface area contributed by atoms with Gasteiger partial charge >= 0.3 is 0 Å². The second-order valence-electron chi connectivity index (χ2n) is 7.86. The fourth-order valence-electron chi connectivity index (χ4n) is 3.55. The third-order valence-electron chi connectivity index (χ3n) is 4.84. The van der Waals surface area contributed by atoms with Gasteiger partial charge in [-0.25, -0.2) is 0 Å². The summed E-state index contributed by atoms with van der Waals surface area (Å²) in [5, 5.41) is 14.6. The van der Waals surface area contributed by atoms with Crippen molar-refractivity contribution in [3.8, 4) is 0 Å². The number of amides is 1. The van der Waals surface area contributed by atoms with Gasteiger partial charge in [0.25, 0.3) is 0 Å². The highest BCUT2D eigenvalue weighted by Gasteiger charge is 2.34. The van der Waals surface area contributed by atoms with Crippen LogP contribution in [0.2, 0.25) is 0 Å². The Balaban J connectivity index is 1.68. The molecule has 0 saturated carbocycles. The number of aromatic amines is 1. The molecule has 4 rings (SSSR count). The molecular weight excluding hydrogens is 326 g/mol. The summed E-state index contributed by atoms with van der Waals surface area (Å²) in [6.45, 7) is 7.20. The Bertz CT molecular complexity index is 916. The Kier molecular flexibility index (Phi) is 3.90. The van der Waals surface area contributed by atoms with Crippen LogP contribution in [0.25, 0.3) is 0 Å². The maximum Gasteiger partial charge on any atom is 0.226 e. The van der Waals surface area contributed by atoms with Crippen LogP contribution in [0.15, 0.2) is 42.7 Å². The number of nitrogens with one attached hydrogen (secondary N) is 2. The number of nitrogens with zero attached hydrogens (tertiary/aromatic N) is 3. The standard InChI is InChI=1S/C20H23N5O/c1-20(2,3)18-17-15(11-16(26)22-19(17)24-23-18)14-7-5-13(6-8-14)12-25-10-4-9-21-25/h4-10,15H,11-12H2,1-3H3,(H2,22,23,24,26). The van der Waals surface area contributed by atoms with Gasteiger partial charge in [-0.1, -0.05) is 45.0 Å². The fraction of sp³-hybridized carbons (Fsp3) is 0.350. The molecule has 1 aliphatic heterocycles. The SMILES string of the molecule is CC(C)(C)c1[nH]nc2c1C(c1ccc(Cn3cccn3)cc1)CC(=O)N2. The fourth-order valence-corrected chi connectivity index (χ4v) is 3.55. The van der Waals surface area contributed by atoms with Crippen LogP contribution in [-0.4, -0.2) is 25.9 Å². The highest BCUT2D eigenvalue weighted by molar-refractivity contribution is 5.94. The quantitative estimate of drug-likeness (QED) is 0.761. The Morgan fingerprint density at radius 3 is 2.65 bits per heavy atom. The van der Waals surface area contributed by atoms with Gasteiger partial charge in [0, 0.05) is 41.4 Å². The molecule has 1 aliphatic rings. The van der Waals surface area contributed by atoms with Crippen molar-refractivity contribution in [2.24, 2.45) is 0 Å². The molecule has 26 heavy (non-hydrogen) atoms. The van der Waals surface area contributed by atoms with E-state index in [9.17, 15) is 4.79 Å². The van der Waals surface area contributed by atoms with E-state index in [-0.39, 0.29) is 17.2 Å². The predicted molar refractivity (Wildman–Crippen MR) is 100 cm³/mol.